The van der Waals surface area contributed by atoms with Crippen LogP contribution in [0, 0.1) is 0 Å². The van der Waals surface area contributed by atoms with Crippen molar-refractivity contribution in [3.05, 3.63) is 103 Å². The van der Waals surface area contributed by atoms with Crippen LogP contribution in [0.2, 0.25) is 10.0 Å². The fourth-order valence-corrected chi connectivity index (χ4v) is 5.02. The first-order valence-corrected chi connectivity index (χ1v) is 13.5. The van der Waals surface area contributed by atoms with Gasteiger partial charge in [0.1, 0.15) is 10.7 Å². The zero-order chi connectivity index (χ0) is 27.4. The van der Waals surface area contributed by atoms with Gasteiger partial charge in [0.05, 0.1) is 16.8 Å². The monoisotopic (exact) mass is 570 g/mol. The zero-order valence-corrected chi connectivity index (χ0v) is 22.4. The number of fused-ring (bicyclic) bond motifs is 1. The molecule has 5 rings (SSSR count). The second-order valence-corrected chi connectivity index (χ2v) is 11.0. The van der Waals surface area contributed by atoms with E-state index in [1.807, 2.05) is 0 Å². The Balaban J connectivity index is 1.86. The van der Waals surface area contributed by atoms with E-state index in [9.17, 15) is 18.0 Å². The molecule has 5 aromatic rings. The van der Waals surface area contributed by atoms with E-state index in [0.29, 0.717) is 32.8 Å². The van der Waals surface area contributed by atoms with E-state index in [0.717, 1.165) is 10.8 Å². The molecule has 0 fully saturated rings. The summed E-state index contributed by atoms with van der Waals surface area (Å²) in [5, 5.41) is 6.09. The van der Waals surface area contributed by atoms with Crippen LogP contribution >= 0.6 is 23.2 Å². The van der Waals surface area contributed by atoms with Gasteiger partial charge < -0.3 is 0 Å². The Morgan fingerprint density at radius 2 is 1.66 bits per heavy atom. The highest BCUT2D eigenvalue weighted by Gasteiger charge is 2.26. The molecule has 3 aromatic heterocycles. The highest BCUT2D eigenvalue weighted by atomic mass is 35.5. The van der Waals surface area contributed by atoms with Crippen molar-refractivity contribution in [2.45, 2.75) is 17.9 Å². The van der Waals surface area contributed by atoms with Crippen LogP contribution in [-0.4, -0.2) is 32.1 Å². The summed E-state index contributed by atoms with van der Waals surface area (Å²) in [4.78, 5) is 35.8. The SMILES string of the molecule is CC(c1ccc(S(N)(=O)=O)cn1)n1c(=O)n(C)c(=O)c2c1nc(-c1ccccc1Cl)n2-c1ccc(Cl)cc1. The number of halogens is 2. The molecule has 0 saturated carbocycles. The Labute approximate surface area is 226 Å². The number of nitrogens with zero attached hydrogens (tertiary/aromatic N) is 5. The molecule has 0 bridgehead atoms. The quantitative estimate of drug-likeness (QED) is 0.343. The lowest BCUT2D eigenvalue weighted by atomic mass is 10.2. The minimum absolute atomic E-state index is 0.104. The lowest BCUT2D eigenvalue weighted by molar-refractivity contribution is 0.566. The predicted octanol–water partition coefficient (Wildman–Crippen LogP) is 3.51. The third-order valence-electron chi connectivity index (χ3n) is 6.19. The molecule has 0 saturated heterocycles. The molecule has 194 valence electrons. The molecule has 0 spiro atoms. The second-order valence-electron chi connectivity index (χ2n) is 8.56. The number of primary sulfonamides is 1. The van der Waals surface area contributed by atoms with Crippen LogP contribution in [-0.2, 0) is 17.1 Å². The molecular formula is C25H20Cl2N6O4S. The van der Waals surface area contributed by atoms with Gasteiger partial charge in [-0.25, -0.2) is 23.3 Å². The molecule has 0 radical (unpaired) electrons. The molecule has 0 aliphatic carbocycles. The van der Waals surface area contributed by atoms with Gasteiger partial charge >= 0.3 is 5.69 Å². The molecular weight excluding hydrogens is 551 g/mol. The summed E-state index contributed by atoms with van der Waals surface area (Å²) in [6.45, 7) is 1.70. The number of aromatic nitrogens is 5. The van der Waals surface area contributed by atoms with E-state index in [1.165, 1.54) is 23.7 Å². The van der Waals surface area contributed by atoms with Crippen molar-refractivity contribution in [1.82, 2.24) is 23.7 Å². The van der Waals surface area contributed by atoms with Crippen LogP contribution in [0.5, 0.6) is 0 Å². The molecule has 2 N–H and O–H groups in total. The first kappa shape index (κ1) is 25.9. The molecule has 1 atom stereocenters. The maximum Gasteiger partial charge on any atom is 0.333 e. The number of benzene rings is 2. The van der Waals surface area contributed by atoms with Crippen molar-refractivity contribution < 1.29 is 8.42 Å². The molecule has 0 aliphatic heterocycles. The van der Waals surface area contributed by atoms with Gasteiger partial charge in [-0.15, -0.1) is 0 Å². The average Bonchev–Trinajstić information content (AvgIpc) is 3.27. The molecule has 0 aliphatic rings. The van der Waals surface area contributed by atoms with E-state index < -0.39 is 27.3 Å². The van der Waals surface area contributed by atoms with Crippen molar-refractivity contribution in [1.29, 1.82) is 0 Å². The van der Waals surface area contributed by atoms with Crippen LogP contribution in [0.25, 0.3) is 28.2 Å². The van der Waals surface area contributed by atoms with E-state index >= 15 is 0 Å². The van der Waals surface area contributed by atoms with Crippen LogP contribution in [0.15, 0.2) is 81.3 Å². The maximum absolute atomic E-state index is 13.5. The molecule has 0 amide bonds. The van der Waals surface area contributed by atoms with Crippen molar-refractivity contribution in [2.75, 3.05) is 0 Å². The van der Waals surface area contributed by atoms with Crippen molar-refractivity contribution in [3.63, 3.8) is 0 Å². The molecule has 3 heterocycles. The summed E-state index contributed by atoms with van der Waals surface area (Å²) in [7, 11) is -2.58. The first-order chi connectivity index (χ1) is 18.0. The van der Waals surface area contributed by atoms with E-state index in [2.05, 4.69) is 4.98 Å². The number of hydrogen-bond donors (Lipinski definition) is 1. The van der Waals surface area contributed by atoms with E-state index in [4.69, 9.17) is 33.3 Å². The van der Waals surface area contributed by atoms with Gasteiger partial charge in [0.25, 0.3) is 5.56 Å². The van der Waals surface area contributed by atoms with Gasteiger partial charge in [0, 0.05) is 29.5 Å². The average molecular weight is 571 g/mol. The minimum atomic E-state index is -3.95. The zero-order valence-electron chi connectivity index (χ0n) is 20.0. The predicted molar refractivity (Wildman–Crippen MR) is 145 cm³/mol. The minimum Gasteiger partial charge on any atom is -0.286 e. The van der Waals surface area contributed by atoms with Gasteiger partial charge in [-0.05, 0) is 55.5 Å². The van der Waals surface area contributed by atoms with E-state index in [1.54, 1.807) is 60.0 Å². The van der Waals surface area contributed by atoms with Gasteiger partial charge in [0.15, 0.2) is 11.2 Å². The van der Waals surface area contributed by atoms with Gasteiger partial charge in [-0.1, -0.05) is 35.3 Å². The third kappa shape index (κ3) is 4.33. The first-order valence-electron chi connectivity index (χ1n) is 11.2. The van der Waals surface area contributed by atoms with Crippen molar-refractivity contribution >= 4 is 44.4 Å². The Bertz CT molecular complexity index is 1930. The standard InChI is InChI=1S/C25H20Cl2N6O4S/c1-14(20-12-11-17(13-29-20)38(28,36)37)32-23-21(24(34)31(2)25(32)35)33(16-9-7-15(26)8-10-16)22(30-23)18-5-3-4-6-19(18)27/h3-14H,1-2H3,(H2,28,36,37). The number of imidazole rings is 1. The highest BCUT2D eigenvalue weighted by Crippen LogP contribution is 2.32. The Hall–Kier alpha value is -3.77. The topological polar surface area (TPSA) is 135 Å². The molecule has 10 nitrogen and oxygen atoms in total. The number of hydrogen-bond acceptors (Lipinski definition) is 6. The summed E-state index contributed by atoms with van der Waals surface area (Å²) in [5.74, 6) is 0.342. The smallest absolute Gasteiger partial charge is 0.286 e. The number of rotatable bonds is 5. The lowest BCUT2D eigenvalue weighted by Crippen LogP contribution is -2.40. The van der Waals surface area contributed by atoms with Crippen molar-refractivity contribution in [2.24, 2.45) is 12.2 Å². The second kappa shape index (κ2) is 9.52. The lowest BCUT2D eigenvalue weighted by Gasteiger charge is -2.17. The summed E-state index contributed by atoms with van der Waals surface area (Å²) in [5.41, 5.74) is 0.539. The molecule has 38 heavy (non-hydrogen) atoms. The summed E-state index contributed by atoms with van der Waals surface area (Å²) in [6.07, 6.45) is 1.12. The fourth-order valence-electron chi connectivity index (χ4n) is 4.22. The van der Waals surface area contributed by atoms with Crippen LogP contribution < -0.4 is 16.4 Å². The van der Waals surface area contributed by atoms with Crippen LogP contribution in [0.1, 0.15) is 18.7 Å². The largest absolute Gasteiger partial charge is 0.333 e. The van der Waals surface area contributed by atoms with Gasteiger partial charge in [-0.3, -0.25) is 23.5 Å². The van der Waals surface area contributed by atoms with Gasteiger partial charge in [0.2, 0.25) is 10.0 Å². The summed E-state index contributed by atoms with van der Waals surface area (Å²) < 4.78 is 27.3. The normalized spacial score (nSPS) is 12.7. The highest BCUT2D eigenvalue weighted by molar-refractivity contribution is 7.89. The Kier molecular flexibility index (Phi) is 6.48. The Morgan fingerprint density at radius 3 is 2.26 bits per heavy atom. The summed E-state index contributed by atoms with van der Waals surface area (Å²) >= 11 is 12.6. The molecule has 1 unspecified atom stereocenters. The Morgan fingerprint density at radius 1 is 0.974 bits per heavy atom. The molecule has 13 heteroatoms. The number of sulfonamides is 1. The van der Waals surface area contributed by atoms with E-state index in [-0.39, 0.29) is 16.1 Å². The summed E-state index contributed by atoms with van der Waals surface area (Å²) in [6, 6.07) is 15.9. The fraction of sp³-hybridized carbons (Fsp3) is 0.120. The van der Waals surface area contributed by atoms with Gasteiger partial charge in [-0.2, -0.15) is 0 Å². The molecule has 2 aromatic carbocycles. The van der Waals surface area contributed by atoms with Crippen LogP contribution in [0.3, 0.4) is 0 Å². The number of pyridine rings is 1. The number of nitrogens with two attached hydrogens (primary N) is 1. The maximum atomic E-state index is 13.5. The third-order valence-corrected chi connectivity index (χ3v) is 7.67. The van der Waals surface area contributed by atoms with Crippen LogP contribution in [0.4, 0.5) is 0 Å². The van der Waals surface area contributed by atoms with Crippen molar-refractivity contribution in [3.8, 4) is 17.1 Å².